The molecule has 0 saturated carbocycles. The lowest BCUT2D eigenvalue weighted by Gasteiger charge is -2.25. The number of rotatable bonds is 5. The van der Waals surface area contributed by atoms with Gasteiger partial charge in [0.1, 0.15) is 19.3 Å². The van der Waals surface area contributed by atoms with Gasteiger partial charge in [-0.05, 0) is 49.6 Å². The van der Waals surface area contributed by atoms with Gasteiger partial charge in [-0.3, -0.25) is 9.59 Å². The summed E-state index contributed by atoms with van der Waals surface area (Å²) in [4.78, 5) is 26.9. The third kappa shape index (κ3) is 4.16. The van der Waals surface area contributed by atoms with Crippen molar-refractivity contribution in [2.45, 2.75) is 36.6 Å². The summed E-state index contributed by atoms with van der Waals surface area (Å²) in [5.74, 6) is 0.563. The zero-order valence-electron chi connectivity index (χ0n) is 18.0. The number of amides is 2. The summed E-state index contributed by atoms with van der Waals surface area (Å²) in [5, 5.41) is 2.84. The van der Waals surface area contributed by atoms with Crippen molar-refractivity contribution in [1.82, 2.24) is 4.31 Å². The average molecular weight is 472 g/mol. The molecule has 10 heteroatoms. The molecular weight excluding hydrogens is 446 g/mol. The summed E-state index contributed by atoms with van der Waals surface area (Å²) < 4.78 is 39.0. The fourth-order valence-electron chi connectivity index (χ4n) is 4.51. The summed E-state index contributed by atoms with van der Waals surface area (Å²) in [6.45, 7) is 1.69. The van der Waals surface area contributed by atoms with E-state index in [-0.39, 0.29) is 17.3 Å². The van der Waals surface area contributed by atoms with Crippen LogP contribution in [0.15, 0.2) is 47.4 Å². The zero-order valence-corrected chi connectivity index (χ0v) is 18.8. The maximum Gasteiger partial charge on any atom is 0.243 e. The van der Waals surface area contributed by atoms with Gasteiger partial charge >= 0.3 is 0 Å². The number of anilines is 2. The molecule has 3 aliphatic rings. The molecule has 1 unspecified atom stereocenters. The third-order valence-electron chi connectivity index (χ3n) is 6.13. The predicted octanol–water partition coefficient (Wildman–Crippen LogP) is 2.38. The van der Waals surface area contributed by atoms with E-state index < -0.39 is 22.0 Å². The molecule has 1 atom stereocenters. The molecule has 0 radical (unpaired) electrons. The topological polar surface area (TPSA) is 105 Å². The number of hydrogen-bond acceptors (Lipinski definition) is 6. The quantitative estimate of drug-likeness (QED) is 0.718. The maximum atomic E-state index is 13.4. The van der Waals surface area contributed by atoms with Crippen LogP contribution in [0, 0.1) is 0 Å². The van der Waals surface area contributed by atoms with Crippen molar-refractivity contribution < 1.29 is 27.5 Å². The number of hydrogen-bond donors (Lipinski definition) is 1. The highest BCUT2D eigenvalue weighted by molar-refractivity contribution is 7.89. The molecule has 2 aromatic carbocycles. The standard InChI is InChI=1S/C23H25N3O6S/c27-22-7-3-10-25(22)17-5-1-4-16(14-17)24-23(28)19-6-2-11-26(19)33(29,30)18-8-9-20-21(15-18)32-13-12-31-20/h1,4-5,8-9,14-15,19H,2-3,6-7,10-13H2,(H,24,28). The SMILES string of the molecule is O=C(Nc1cccc(N2CCCC2=O)c1)C1CCCN1S(=O)(=O)c1ccc2c(c1)OCCO2. The van der Waals surface area contributed by atoms with E-state index in [1.165, 1.54) is 16.4 Å². The lowest BCUT2D eigenvalue weighted by molar-refractivity contribution is -0.119. The number of carbonyl (C=O) groups is 2. The molecule has 2 saturated heterocycles. The molecule has 5 rings (SSSR count). The number of ether oxygens (including phenoxy) is 2. The third-order valence-corrected chi connectivity index (χ3v) is 8.03. The molecule has 2 aromatic rings. The Labute approximate surface area is 192 Å². The fourth-order valence-corrected chi connectivity index (χ4v) is 6.18. The number of nitrogens with zero attached hydrogens (tertiary/aromatic N) is 2. The van der Waals surface area contributed by atoms with Gasteiger partial charge in [0.15, 0.2) is 11.5 Å². The summed E-state index contributed by atoms with van der Waals surface area (Å²) >= 11 is 0. The van der Waals surface area contributed by atoms with Crippen LogP contribution in [0.25, 0.3) is 0 Å². The monoisotopic (exact) mass is 471 g/mol. The van der Waals surface area contributed by atoms with Gasteiger partial charge in [-0.1, -0.05) is 6.07 Å². The van der Waals surface area contributed by atoms with Crippen molar-refractivity contribution in [3.63, 3.8) is 0 Å². The highest BCUT2D eigenvalue weighted by Crippen LogP contribution is 2.35. The van der Waals surface area contributed by atoms with Crippen LogP contribution in [-0.2, 0) is 19.6 Å². The van der Waals surface area contributed by atoms with Crippen LogP contribution in [0.2, 0.25) is 0 Å². The van der Waals surface area contributed by atoms with Gasteiger partial charge in [0.25, 0.3) is 0 Å². The number of nitrogens with one attached hydrogen (secondary N) is 1. The highest BCUT2D eigenvalue weighted by atomic mass is 32.2. The van der Waals surface area contributed by atoms with Crippen LogP contribution in [0.4, 0.5) is 11.4 Å². The Morgan fingerprint density at radius 3 is 2.61 bits per heavy atom. The van der Waals surface area contributed by atoms with Crippen LogP contribution >= 0.6 is 0 Å². The van der Waals surface area contributed by atoms with Crippen molar-refractivity contribution in [3.05, 3.63) is 42.5 Å². The van der Waals surface area contributed by atoms with Crippen molar-refractivity contribution in [3.8, 4) is 11.5 Å². The molecule has 3 heterocycles. The normalized spacial score (nSPS) is 20.8. The smallest absolute Gasteiger partial charge is 0.243 e. The van der Waals surface area contributed by atoms with E-state index in [0.29, 0.717) is 56.2 Å². The molecular formula is C23H25N3O6S. The summed E-state index contributed by atoms with van der Waals surface area (Å²) in [6, 6.07) is 10.8. The number of benzene rings is 2. The molecule has 0 bridgehead atoms. The first-order chi connectivity index (χ1) is 15.9. The van der Waals surface area contributed by atoms with Crippen molar-refractivity contribution >= 4 is 33.2 Å². The fraction of sp³-hybridized carbons (Fsp3) is 0.391. The van der Waals surface area contributed by atoms with E-state index in [9.17, 15) is 18.0 Å². The molecule has 2 amide bonds. The van der Waals surface area contributed by atoms with Crippen molar-refractivity contribution in [2.75, 3.05) is 36.5 Å². The Morgan fingerprint density at radius 1 is 1.00 bits per heavy atom. The lowest BCUT2D eigenvalue weighted by atomic mass is 10.2. The minimum Gasteiger partial charge on any atom is -0.486 e. The Balaban J connectivity index is 1.34. The van der Waals surface area contributed by atoms with Gasteiger partial charge in [-0.15, -0.1) is 0 Å². The zero-order chi connectivity index (χ0) is 23.0. The van der Waals surface area contributed by atoms with Crippen LogP contribution in [0.5, 0.6) is 11.5 Å². The van der Waals surface area contributed by atoms with E-state index in [1.54, 1.807) is 29.2 Å². The predicted molar refractivity (Wildman–Crippen MR) is 121 cm³/mol. The number of fused-ring (bicyclic) bond motifs is 1. The largest absolute Gasteiger partial charge is 0.486 e. The Bertz CT molecular complexity index is 1200. The second-order valence-electron chi connectivity index (χ2n) is 8.27. The van der Waals surface area contributed by atoms with Crippen LogP contribution in [0.3, 0.4) is 0 Å². The molecule has 9 nitrogen and oxygen atoms in total. The van der Waals surface area contributed by atoms with E-state index in [1.807, 2.05) is 6.07 Å². The van der Waals surface area contributed by atoms with Crippen LogP contribution < -0.4 is 19.7 Å². The van der Waals surface area contributed by atoms with E-state index in [0.717, 1.165) is 12.1 Å². The summed E-state index contributed by atoms with van der Waals surface area (Å²) in [7, 11) is -3.90. The molecule has 174 valence electrons. The molecule has 33 heavy (non-hydrogen) atoms. The minimum atomic E-state index is -3.90. The first-order valence-electron chi connectivity index (χ1n) is 11.1. The van der Waals surface area contributed by atoms with Crippen molar-refractivity contribution in [2.24, 2.45) is 0 Å². The van der Waals surface area contributed by atoms with Crippen LogP contribution in [0.1, 0.15) is 25.7 Å². The number of carbonyl (C=O) groups excluding carboxylic acids is 2. The Morgan fingerprint density at radius 2 is 1.82 bits per heavy atom. The van der Waals surface area contributed by atoms with Gasteiger partial charge in [-0.25, -0.2) is 8.42 Å². The van der Waals surface area contributed by atoms with Gasteiger partial charge < -0.3 is 19.7 Å². The van der Waals surface area contributed by atoms with Gasteiger partial charge in [0.2, 0.25) is 21.8 Å². The second kappa shape index (κ2) is 8.68. The Hall–Kier alpha value is -3.11. The molecule has 3 aliphatic heterocycles. The van der Waals surface area contributed by atoms with E-state index in [2.05, 4.69) is 5.32 Å². The first-order valence-corrected chi connectivity index (χ1v) is 12.5. The van der Waals surface area contributed by atoms with Crippen molar-refractivity contribution in [1.29, 1.82) is 0 Å². The lowest BCUT2D eigenvalue weighted by Crippen LogP contribution is -2.43. The van der Waals surface area contributed by atoms with Gasteiger partial charge in [0, 0.05) is 37.0 Å². The molecule has 0 aromatic heterocycles. The minimum absolute atomic E-state index is 0.0611. The average Bonchev–Trinajstić information content (AvgIpc) is 3.48. The van der Waals surface area contributed by atoms with Gasteiger partial charge in [0.05, 0.1) is 4.90 Å². The van der Waals surface area contributed by atoms with Gasteiger partial charge in [-0.2, -0.15) is 4.31 Å². The van der Waals surface area contributed by atoms with Crippen LogP contribution in [-0.4, -0.2) is 56.9 Å². The molecule has 0 aliphatic carbocycles. The number of sulfonamides is 1. The Kier molecular flexibility index (Phi) is 5.71. The summed E-state index contributed by atoms with van der Waals surface area (Å²) in [6.07, 6.45) is 2.35. The maximum absolute atomic E-state index is 13.4. The first kappa shape index (κ1) is 21.7. The van der Waals surface area contributed by atoms with E-state index >= 15 is 0 Å². The molecule has 0 spiro atoms. The highest BCUT2D eigenvalue weighted by Gasteiger charge is 2.40. The van der Waals surface area contributed by atoms with E-state index in [4.69, 9.17) is 9.47 Å². The second-order valence-corrected chi connectivity index (χ2v) is 10.2. The molecule has 1 N–H and O–H groups in total. The summed E-state index contributed by atoms with van der Waals surface area (Å²) in [5.41, 5.74) is 1.25. The molecule has 2 fully saturated rings.